The molecule has 102 valence electrons. The zero-order valence-corrected chi connectivity index (χ0v) is 11.2. The first-order chi connectivity index (χ1) is 8.75. The first kappa shape index (κ1) is 12.5. The van der Waals surface area contributed by atoms with E-state index in [2.05, 4.69) is 5.32 Å². The van der Waals surface area contributed by atoms with Gasteiger partial charge in [0.05, 0.1) is 5.92 Å². The van der Waals surface area contributed by atoms with E-state index in [1.165, 1.54) is 38.5 Å². The predicted molar refractivity (Wildman–Crippen MR) is 71.9 cm³/mol. The predicted octanol–water partition coefficient (Wildman–Crippen LogP) is 2.06. The molecule has 0 heterocycles. The number of hydrogen-bond acceptors (Lipinski definition) is 2. The lowest BCUT2D eigenvalue weighted by Crippen LogP contribution is -2.45. The van der Waals surface area contributed by atoms with Gasteiger partial charge in [0.25, 0.3) is 0 Å². The molecule has 3 fully saturated rings. The average Bonchev–Trinajstić information content (AvgIpc) is 3.24. The number of hydrogen-bond donors (Lipinski definition) is 2. The molecule has 3 heteroatoms. The minimum atomic E-state index is 0.0813. The molecule has 0 bridgehead atoms. The van der Waals surface area contributed by atoms with Gasteiger partial charge in [-0.25, -0.2) is 0 Å². The monoisotopic (exact) mass is 250 g/mol. The average molecular weight is 250 g/mol. The molecule has 3 aliphatic carbocycles. The van der Waals surface area contributed by atoms with E-state index in [1.807, 2.05) is 0 Å². The summed E-state index contributed by atoms with van der Waals surface area (Å²) in [4.78, 5) is 12.2. The van der Waals surface area contributed by atoms with E-state index in [0.29, 0.717) is 0 Å². The highest BCUT2D eigenvalue weighted by molar-refractivity contribution is 5.79. The highest BCUT2D eigenvalue weighted by Gasteiger charge is 2.41. The molecule has 0 aliphatic heterocycles. The Bertz CT molecular complexity index is 298. The molecular formula is C15H26N2O. The van der Waals surface area contributed by atoms with Crippen molar-refractivity contribution in [3.8, 4) is 0 Å². The Hall–Kier alpha value is -0.570. The SMILES string of the molecule is NC1CCCCC1C(=O)NCC(C1CC1)C1CC1. The molecule has 0 aromatic rings. The fourth-order valence-electron chi connectivity index (χ4n) is 3.60. The van der Waals surface area contributed by atoms with Gasteiger partial charge in [-0.2, -0.15) is 0 Å². The van der Waals surface area contributed by atoms with Crippen LogP contribution in [-0.4, -0.2) is 18.5 Å². The Morgan fingerprint density at radius 2 is 1.67 bits per heavy atom. The van der Waals surface area contributed by atoms with Crippen LogP contribution in [0, 0.1) is 23.7 Å². The van der Waals surface area contributed by atoms with E-state index in [9.17, 15) is 4.79 Å². The Labute approximate surface area is 110 Å². The molecule has 2 unspecified atom stereocenters. The van der Waals surface area contributed by atoms with Gasteiger partial charge in [-0.3, -0.25) is 4.79 Å². The molecule has 3 aliphatic rings. The lowest BCUT2D eigenvalue weighted by Gasteiger charge is -2.28. The Kier molecular flexibility index (Phi) is 3.60. The molecule has 18 heavy (non-hydrogen) atoms. The van der Waals surface area contributed by atoms with Crippen LogP contribution in [0.1, 0.15) is 51.4 Å². The molecule has 0 radical (unpaired) electrons. The van der Waals surface area contributed by atoms with Gasteiger partial charge in [0, 0.05) is 12.6 Å². The number of amides is 1. The fourth-order valence-corrected chi connectivity index (χ4v) is 3.60. The van der Waals surface area contributed by atoms with Gasteiger partial charge in [0.15, 0.2) is 0 Å². The van der Waals surface area contributed by atoms with Gasteiger partial charge in [-0.1, -0.05) is 12.8 Å². The molecule has 3 rings (SSSR count). The van der Waals surface area contributed by atoms with Gasteiger partial charge >= 0.3 is 0 Å². The Morgan fingerprint density at radius 3 is 2.22 bits per heavy atom. The van der Waals surface area contributed by atoms with Crippen LogP contribution in [0.3, 0.4) is 0 Å². The Balaban J connectivity index is 1.47. The third-order valence-electron chi connectivity index (χ3n) is 5.12. The van der Waals surface area contributed by atoms with E-state index in [0.717, 1.165) is 37.1 Å². The Morgan fingerprint density at radius 1 is 1.06 bits per heavy atom. The van der Waals surface area contributed by atoms with Crippen LogP contribution in [0.25, 0.3) is 0 Å². The van der Waals surface area contributed by atoms with Crippen molar-refractivity contribution in [1.29, 1.82) is 0 Å². The van der Waals surface area contributed by atoms with Crippen LogP contribution in [0.5, 0.6) is 0 Å². The summed E-state index contributed by atoms with van der Waals surface area (Å²) >= 11 is 0. The molecule has 0 saturated heterocycles. The van der Waals surface area contributed by atoms with Crippen molar-refractivity contribution in [2.45, 2.75) is 57.4 Å². The lowest BCUT2D eigenvalue weighted by atomic mass is 9.84. The van der Waals surface area contributed by atoms with Crippen molar-refractivity contribution in [3.05, 3.63) is 0 Å². The normalized spacial score (nSPS) is 32.6. The number of nitrogens with one attached hydrogen (secondary N) is 1. The quantitative estimate of drug-likeness (QED) is 0.784. The van der Waals surface area contributed by atoms with E-state index in [1.54, 1.807) is 0 Å². The van der Waals surface area contributed by atoms with Crippen molar-refractivity contribution in [2.24, 2.45) is 29.4 Å². The number of nitrogens with two attached hydrogens (primary N) is 1. The minimum Gasteiger partial charge on any atom is -0.356 e. The van der Waals surface area contributed by atoms with Crippen molar-refractivity contribution in [1.82, 2.24) is 5.32 Å². The summed E-state index contributed by atoms with van der Waals surface area (Å²) < 4.78 is 0. The van der Waals surface area contributed by atoms with Gasteiger partial charge < -0.3 is 11.1 Å². The summed E-state index contributed by atoms with van der Waals surface area (Å²) in [6, 6.07) is 0.0963. The maximum Gasteiger partial charge on any atom is 0.224 e. The summed E-state index contributed by atoms with van der Waals surface area (Å²) in [6.07, 6.45) is 9.93. The van der Waals surface area contributed by atoms with Crippen LogP contribution in [0.4, 0.5) is 0 Å². The zero-order valence-electron chi connectivity index (χ0n) is 11.2. The van der Waals surface area contributed by atoms with Gasteiger partial charge in [0.2, 0.25) is 5.91 Å². The van der Waals surface area contributed by atoms with Gasteiger partial charge in [-0.15, -0.1) is 0 Å². The standard InChI is InChI=1S/C15H26N2O/c16-14-4-2-1-3-12(14)15(18)17-9-13(10-5-6-10)11-7-8-11/h10-14H,1-9,16H2,(H,17,18). The minimum absolute atomic E-state index is 0.0813. The number of carbonyl (C=O) groups excluding carboxylic acids is 1. The zero-order chi connectivity index (χ0) is 12.5. The van der Waals surface area contributed by atoms with Crippen molar-refractivity contribution >= 4 is 5.91 Å². The molecule has 3 N–H and O–H groups in total. The summed E-state index contributed by atoms with van der Waals surface area (Å²) in [6.45, 7) is 0.914. The second kappa shape index (κ2) is 5.20. The fraction of sp³-hybridized carbons (Fsp3) is 0.933. The van der Waals surface area contributed by atoms with E-state index < -0.39 is 0 Å². The second-order valence-corrected chi connectivity index (χ2v) is 6.64. The highest BCUT2D eigenvalue weighted by atomic mass is 16.1. The molecule has 0 spiro atoms. The van der Waals surface area contributed by atoms with Crippen LogP contribution in [-0.2, 0) is 4.79 Å². The molecule has 3 nitrogen and oxygen atoms in total. The van der Waals surface area contributed by atoms with Crippen LogP contribution < -0.4 is 11.1 Å². The highest BCUT2D eigenvalue weighted by Crippen LogP contribution is 2.48. The first-order valence-electron chi connectivity index (χ1n) is 7.79. The summed E-state index contributed by atoms with van der Waals surface area (Å²) in [5.41, 5.74) is 6.07. The summed E-state index contributed by atoms with van der Waals surface area (Å²) in [5, 5.41) is 3.21. The van der Waals surface area contributed by atoms with Crippen molar-refractivity contribution in [2.75, 3.05) is 6.54 Å². The maximum absolute atomic E-state index is 12.2. The third kappa shape index (κ3) is 2.87. The summed E-state index contributed by atoms with van der Waals surface area (Å²) in [5.74, 6) is 2.91. The smallest absolute Gasteiger partial charge is 0.224 e. The first-order valence-corrected chi connectivity index (χ1v) is 7.79. The van der Waals surface area contributed by atoms with E-state index in [-0.39, 0.29) is 17.9 Å². The largest absolute Gasteiger partial charge is 0.356 e. The lowest BCUT2D eigenvalue weighted by molar-refractivity contribution is -0.126. The van der Waals surface area contributed by atoms with Crippen molar-refractivity contribution < 1.29 is 4.79 Å². The number of carbonyl (C=O) groups is 1. The van der Waals surface area contributed by atoms with Crippen LogP contribution in [0.2, 0.25) is 0 Å². The third-order valence-corrected chi connectivity index (χ3v) is 5.12. The van der Waals surface area contributed by atoms with Crippen molar-refractivity contribution in [3.63, 3.8) is 0 Å². The second-order valence-electron chi connectivity index (χ2n) is 6.64. The molecule has 1 amide bonds. The molecule has 3 saturated carbocycles. The van der Waals surface area contributed by atoms with Crippen LogP contribution in [0.15, 0.2) is 0 Å². The maximum atomic E-state index is 12.2. The van der Waals surface area contributed by atoms with Gasteiger partial charge in [0.1, 0.15) is 0 Å². The molecule has 0 aromatic carbocycles. The molecular weight excluding hydrogens is 224 g/mol. The van der Waals surface area contributed by atoms with E-state index in [4.69, 9.17) is 5.73 Å². The topological polar surface area (TPSA) is 55.1 Å². The van der Waals surface area contributed by atoms with Gasteiger partial charge in [-0.05, 0) is 56.3 Å². The van der Waals surface area contributed by atoms with E-state index >= 15 is 0 Å². The number of rotatable bonds is 5. The molecule has 0 aromatic heterocycles. The van der Waals surface area contributed by atoms with Crippen LogP contribution >= 0.6 is 0 Å². The molecule has 2 atom stereocenters. The summed E-state index contributed by atoms with van der Waals surface area (Å²) in [7, 11) is 0.